The van der Waals surface area contributed by atoms with Crippen molar-refractivity contribution in [1.82, 2.24) is 10.0 Å². The lowest BCUT2D eigenvalue weighted by molar-refractivity contribution is -0.132. The molecule has 1 aliphatic carbocycles. The number of benzene rings is 2. The monoisotopic (exact) mass is 476 g/mol. The third-order valence-corrected chi connectivity index (χ3v) is 7.95. The van der Waals surface area contributed by atoms with Crippen molar-refractivity contribution in [1.29, 1.82) is 0 Å². The van der Waals surface area contributed by atoms with Crippen LogP contribution in [-0.2, 0) is 14.8 Å². The lowest BCUT2D eigenvalue weighted by Gasteiger charge is -2.37. The van der Waals surface area contributed by atoms with Crippen LogP contribution in [0.1, 0.15) is 63.6 Å². The quantitative estimate of drug-likeness (QED) is 0.581. The van der Waals surface area contributed by atoms with Crippen molar-refractivity contribution in [2.24, 2.45) is 5.41 Å². The second kappa shape index (κ2) is 10.2. The first kappa shape index (κ1) is 25.2. The number of ether oxygens (including phenoxy) is 1. The predicted molar refractivity (Wildman–Crippen MR) is 126 cm³/mol. The van der Waals surface area contributed by atoms with E-state index in [1.54, 1.807) is 30.3 Å². The lowest BCUT2D eigenvalue weighted by atomic mass is 9.73. The number of nitrogens with one attached hydrogen (secondary N) is 2. The topological polar surface area (TPSA) is 84.5 Å². The van der Waals surface area contributed by atoms with Gasteiger partial charge in [-0.2, -0.15) is 0 Å². The number of carbonyl (C=O) groups is 1. The van der Waals surface area contributed by atoms with Crippen LogP contribution in [0.2, 0.25) is 0 Å². The van der Waals surface area contributed by atoms with Crippen LogP contribution in [0.4, 0.5) is 4.39 Å². The molecule has 1 aliphatic rings. The molecule has 180 valence electrons. The van der Waals surface area contributed by atoms with Crippen LogP contribution >= 0.6 is 0 Å². The van der Waals surface area contributed by atoms with Gasteiger partial charge in [-0.3, -0.25) is 4.79 Å². The van der Waals surface area contributed by atoms with Crippen molar-refractivity contribution >= 4 is 15.9 Å². The molecule has 0 spiro atoms. The van der Waals surface area contributed by atoms with Gasteiger partial charge < -0.3 is 10.1 Å². The molecule has 0 bridgehead atoms. The van der Waals surface area contributed by atoms with E-state index < -0.39 is 15.4 Å². The smallest absolute Gasteiger partial charge is 0.240 e. The fourth-order valence-electron chi connectivity index (χ4n) is 4.20. The highest BCUT2D eigenvalue weighted by atomic mass is 32.2. The molecule has 1 saturated carbocycles. The van der Waals surface area contributed by atoms with Crippen LogP contribution in [0.5, 0.6) is 5.75 Å². The molecule has 2 aromatic carbocycles. The average molecular weight is 477 g/mol. The Morgan fingerprint density at radius 2 is 1.82 bits per heavy atom. The van der Waals surface area contributed by atoms with Crippen LogP contribution in [0.3, 0.4) is 0 Å². The molecule has 0 saturated heterocycles. The maximum Gasteiger partial charge on any atom is 0.240 e. The third-order valence-electron chi connectivity index (χ3n) is 6.43. The van der Waals surface area contributed by atoms with Gasteiger partial charge in [-0.1, -0.05) is 19.1 Å². The molecule has 2 aromatic rings. The highest BCUT2D eigenvalue weighted by Crippen LogP contribution is 2.37. The molecule has 1 atom stereocenters. The molecule has 0 heterocycles. The van der Waals surface area contributed by atoms with E-state index in [0.29, 0.717) is 38.0 Å². The van der Waals surface area contributed by atoms with Crippen molar-refractivity contribution in [3.05, 3.63) is 59.4 Å². The summed E-state index contributed by atoms with van der Waals surface area (Å²) in [5.74, 6) is 0.291. The molecule has 3 rings (SSSR count). The minimum absolute atomic E-state index is 0.0669. The molecular weight excluding hydrogens is 443 g/mol. The number of sulfonamides is 1. The zero-order valence-corrected chi connectivity index (χ0v) is 20.5. The van der Waals surface area contributed by atoms with Crippen LogP contribution in [0.15, 0.2) is 47.4 Å². The fraction of sp³-hybridized carbons (Fsp3) is 0.480. The molecule has 2 N–H and O–H groups in total. The molecule has 0 radical (unpaired) electrons. The summed E-state index contributed by atoms with van der Waals surface area (Å²) in [7, 11) is -3.67. The van der Waals surface area contributed by atoms with E-state index in [9.17, 15) is 17.6 Å². The number of carbonyl (C=O) groups excluding carboxylic acids is 1. The van der Waals surface area contributed by atoms with E-state index >= 15 is 0 Å². The zero-order chi connectivity index (χ0) is 24.2. The molecule has 6 nitrogen and oxygen atoms in total. The molecule has 0 aromatic heterocycles. The zero-order valence-electron chi connectivity index (χ0n) is 19.7. The van der Waals surface area contributed by atoms with E-state index in [1.165, 1.54) is 12.1 Å². The number of hydrogen-bond donors (Lipinski definition) is 2. The van der Waals surface area contributed by atoms with Crippen molar-refractivity contribution in [3.8, 4) is 5.75 Å². The van der Waals surface area contributed by atoms with Gasteiger partial charge >= 0.3 is 0 Å². The summed E-state index contributed by atoms with van der Waals surface area (Å²) < 4.78 is 47.2. The van der Waals surface area contributed by atoms with Crippen LogP contribution in [-0.4, -0.2) is 27.0 Å². The molecule has 1 fully saturated rings. The molecule has 0 aliphatic heterocycles. The summed E-state index contributed by atoms with van der Waals surface area (Å²) in [4.78, 5) is 13.2. The van der Waals surface area contributed by atoms with Gasteiger partial charge in [0.05, 0.1) is 17.5 Å². The Bertz CT molecular complexity index is 1080. The third kappa shape index (κ3) is 6.12. The first-order chi connectivity index (χ1) is 15.5. The van der Waals surface area contributed by atoms with Gasteiger partial charge in [0.1, 0.15) is 11.6 Å². The molecule has 1 amide bonds. The fourth-order valence-corrected chi connectivity index (χ4v) is 5.59. The Labute approximate surface area is 196 Å². The van der Waals surface area contributed by atoms with Crippen molar-refractivity contribution in [2.75, 3.05) is 6.61 Å². The Hall–Kier alpha value is -2.45. The van der Waals surface area contributed by atoms with Crippen molar-refractivity contribution in [2.45, 2.75) is 70.4 Å². The summed E-state index contributed by atoms with van der Waals surface area (Å²) >= 11 is 0. The van der Waals surface area contributed by atoms with E-state index in [1.807, 2.05) is 27.7 Å². The van der Waals surface area contributed by atoms with Gasteiger partial charge in [-0.25, -0.2) is 17.5 Å². The first-order valence-corrected chi connectivity index (χ1v) is 12.8. The maximum absolute atomic E-state index is 13.2. The van der Waals surface area contributed by atoms with Gasteiger partial charge in [0.15, 0.2) is 0 Å². The molecular formula is C25H33FN2O4S. The van der Waals surface area contributed by atoms with Gasteiger partial charge in [0.2, 0.25) is 15.9 Å². The van der Waals surface area contributed by atoms with Gasteiger partial charge in [-0.05, 0) is 87.9 Å². The predicted octanol–water partition coefficient (Wildman–Crippen LogP) is 4.64. The van der Waals surface area contributed by atoms with E-state index in [-0.39, 0.29) is 28.7 Å². The molecule has 0 unspecified atom stereocenters. The van der Waals surface area contributed by atoms with Crippen LogP contribution < -0.4 is 14.8 Å². The Morgan fingerprint density at radius 1 is 1.18 bits per heavy atom. The van der Waals surface area contributed by atoms with E-state index in [4.69, 9.17) is 4.74 Å². The highest BCUT2D eigenvalue weighted by Gasteiger charge is 2.39. The van der Waals surface area contributed by atoms with Crippen molar-refractivity contribution in [3.63, 3.8) is 0 Å². The summed E-state index contributed by atoms with van der Waals surface area (Å²) in [6.07, 6.45) is 2.29. The van der Waals surface area contributed by atoms with Gasteiger partial charge in [0.25, 0.3) is 0 Å². The van der Waals surface area contributed by atoms with Gasteiger partial charge in [-0.15, -0.1) is 0 Å². The molecule has 8 heteroatoms. The summed E-state index contributed by atoms with van der Waals surface area (Å²) in [6.45, 7) is 8.00. The standard InChI is InChI=1S/C25H33FN2O4S/c1-5-32-23-11-10-22(16-17(23)2)33(30,31)28-21-12-14-25(4,15-13-21)24(29)27-18(3)19-6-8-20(26)9-7-19/h6-11,16,18,21,28H,5,12-15H2,1-4H3,(H,27,29)/t18-,21-,25-/m1/s1. The number of aryl methyl sites for hydroxylation is 1. The van der Waals surface area contributed by atoms with Crippen molar-refractivity contribution < 1.29 is 22.3 Å². The Balaban J connectivity index is 1.58. The maximum atomic E-state index is 13.2. The van der Waals surface area contributed by atoms with Crippen LogP contribution in [0, 0.1) is 18.2 Å². The number of hydrogen-bond acceptors (Lipinski definition) is 4. The van der Waals surface area contributed by atoms with Gasteiger partial charge in [0, 0.05) is 11.5 Å². The minimum Gasteiger partial charge on any atom is -0.494 e. The SMILES string of the molecule is CCOc1ccc(S(=O)(=O)N[C@H]2CC[C@](C)(C(=O)N[C@H](C)c3ccc(F)cc3)CC2)cc1C. The average Bonchev–Trinajstić information content (AvgIpc) is 2.77. The first-order valence-electron chi connectivity index (χ1n) is 11.4. The number of rotatable bonds is 8. The summed E-state index contributed by atoms with van der Waals surface area (Å²) in [6, 6.07) is 10.5. The Morgan fingerprint density at radius 3 is 2.39 bits per heavy atom. The van der Waals surface area contributed by atoms with E-state index in [2.05, 4.69) is 10.0 Å². The number of halogens is 1. The summed E-state index contributed by atoms with van der Waals surface area (Å²) in [5.41, 5.74) is 1.02. The second-order valence-corrected chi connectivity index (χ2v) is 10.8. The van der Waals surface area contributed by atoms with Crippen LogP contribution in [0.25, 0.3) is 0 Å². The second-order valence-electron chi connectivity index (χ2n) is 9.06. The normalized spacial score (nSPS) is 21.9. The number of amides is 1. The lowest BCUT2D eigenvalue weighted by Crippen LogP contribution is -2.46. The molecule has 33 heavy (non-hydrogen) atoms. The largest absolute Gasteiger partial charge is 0.494 e. The minimum atomic E-state index is -3.67. The highest BCUT2D eigenvalue weighted by molar-refractivity contribution is 7.89. The Kier molecular flexibility index (Phi) is 7.80. The summed E-state index contributed by atoms with van der Waals surface area (Å²) in [5, 5.41) is 3.02. The van der Waals surface area contributed by atoms with E-state index in [0.717, 1.165) is 11.1 Å².